The summed E-state index contributed by atoms with van der Waals surface area (Å²) >= 11 is 0. The van der Waals surface area contributed by atoms with Crippen LogP contribution in [0.25, 0.3) is 0 Å². The maximum Gasteiger partial charge on any atom is 0.416 e. The number of alkyl halides is 3. The van der Waals surface area contributed by atoms with E-state index < -0.39 is 34.1 Å². The molecule has 1 N–H and O–H groups in total. The molecule has 1 aromatic rings. The lowest BCUT2D eigenvalue weighted by Gasteiger charge is -2.53. The zero-order valence-electron chi connectivity index (χ0n) is 22.4. The number of carbonyl (C=O) groups is 2. The van der Waals surface area contributed by atoms with Gasteiger partial charge in [-0.25, -0.2) is 0 Å². The summed E-state index contributed by atoms with van der Waals surface area (Å²) in [5, 5.41) is 9.66. The molecule has 1 atom stereocenters. The van der Waals surface area contributed by atoms with Gasteiger partial charge in [0.15, 0.2) is 0 Å². The number of hydrogen-bond acceptors (Lipinski definition) is 3. The molecular formula is C29H38F3NO4. The highest BCUT2D eigenvalue weighted by atomic mass is 19.4. The summed E-state index contributed by atoms with van der Waals surface area (Å²) in [7, 11) is 1.57. The third-order valence-corrected chi connectivity index (χ3v) is 8.91. The fraction of sp³-hybridized carbons (Fsp3) is 0.655. The second-order valence-corrected chi connectivity index (χ2v) is 12.8. The van der Waals surface area contributed by atoms with E-state index >= 15 is 0 Å². The molecule has 0 saturated heterocycles. The Labute approximate surface area is 217 Å². The molecular weight excluding hydrogens is 483 g/mol. The van der Waals surface area contributed by atoms with Crippen molar-refractivity contribution in [2.24, 2.45) is 10.8 Å². The van der Waals surface area contributed by atoms with Gasteiger partial charge in [-0.2, -0.15) is 13.2 Å². The number of methoxy groups -OCH3 is 1. The van der Waals surface area contributed by atoms with Crippen LogP contribution in [0.1, 0.15) is 89.3 Å². The molecule has 1 amide bonds. The smallest absolute Gasteiger partial charge is 0.416 e. The first-order valence-corrected chi connectivity index (χ1v) is 13.0. The highest BCUT2D eigenvalue weighted by molar-refractivity contribution is 5.85. The van der Waals surface area contributed by atoms with Crippen molar-refractivity contribution in [2.45, 2.75) is 96.2 Å². The Morgan fingerprint density at radius 3 is 2.35 bits per heavy atom. The van der Waals surface area contributed by atoms with Crippen LogP contribution in [-0.2, 0) is 32.3 Å². The number of amides is 1. The third kappa shape index (κ3) is 4.93. The summed E-state index contributed by atoms with van der Waals surface area (Å²) < 4.78 is 47.9. The second kappa shape index (κ2) is 9.14. The van der Waals surface area contributed by atoms with E-state index in [-0.39, 0.29) is 23.3 Å². The average molecular weight is 522 g/mol. The number of rotatable bonds is 8. The molecule has 3 saturated carbocycles. The van der Waals surface area contributed by atoms with Gasteiger partial charge >= 0.3 is 12.1 Å². The molecule has 2 bridgehead atoms. The van der Waals surface area contributed by atoms with Crippen molar-refractivity contribution < 1.29 is 32.6 Å². The summed E-state index contributed by atoms with van der Waals surface area (Å²) in [5.74, 6) is -0.986. The number of ether oxygens (including phenoxy) is 1. The predicted octanol–water partition coefficient (Wildman–Crippen LogP) is 6.49. The van der Waals surface area contributed by atoms with Gasteiger partial charge in [0.25, 0.3) is 0 Å². The van der Waals surface area contributed by atoms with Crippen LogP contribution in [0.3, 0.4) is 0 Å². The van der Waals surface area contributed by atoms with Crippen LogP contribution in [0.2, 0.25) is 0 Å². The van der Waals surface area contributed by atoms with E-state index in [1.165, 1.54) is 6.07 Å². The Morgan fingerprint density at radius 2 is 1.81 bits per heavy atom. The van der Waals surface area contributed by atoms with Gasteiger partial charge in [-0.05, 0) is 73.1 Å². The number of aliphatic carboxylic acids is 1. The molecule has 1 heterocycles. The summed E-state index contributed by atoms with van der Waals surface area (Å²) in [5.41, 5.74) is -1.36. The number of halogens is 3. The van der Waals surface area contributed by atoms with E-state index in [1.807, 2.05) is 27.7 Å². The second-order valence-electron chi connectivity index (χ2n) is 12.8. The molecule has 4 aliphatic rings. The Balaban J connectivity index is 1.72. The fourth-order valence-electron chi connectivity index (χ4n) is 6.61. The Kier molecular flexibility index (Phi) is 6.84. The molecule has 5 nitrogen and oxygen atoms in total. The minimum Gasteiger partial charge on any atom is -0.481 e. The predicted molar refractivity (Wildman–Crippen MR) is 134 cm³/mol. The zero-order valence-corrected chi connectivity index (χ0v) is 22.4. The minimum atomic E-state index is -4.50. The number of benzene rings is 1. The summed E-state index contributed by atoms with van der Waals surface area (Å²) in [6.45, 7) is 8.23. The molecule has 37 heavy (non-hydrogen) atoms. The number of carboxylic acids is 1. The molecule has 8 heteroatoms. The molecule has 5 rings (SSSR count). The molecule has 3 fully saturated rings. The highest BCUT2D eigenvalue weighted by Gasteiger charge is 2.68. The van der Waals surface area contributed by atoms with Crippen molar-refractivity contribution in [1.82, 2.24) is 4.90 Å². The Bertz CT molecular complexity index is 1110. The van der Waals surface area contributed by atoms with Gasteiger partial charge in [-0.3, -0.25) is 9.59 Å². The van der Waals surface area contributed by atoms with E-state index in [2.05, 4.69) is 0 Å². The van der Waals surface area contributed by atoms with E-state index in [1.54, 1.807) is 30.3 Å². The average Bonchev–Trinajstić information content (AvgIpc) is 3.34. The standard InChI is InChI=1S/C29H38F3NO4/c1-25(2,3)10-8-19-6-7-20(14-22(19)29(30,31)32)26(4)15-23(34)33(16-21(26)9-13-37-5)28-12-11-27(17-28,18-28)24(35)36/h6-7,14,16H,8-13,15,17-18H2,1-5H3,(H,35,36)/t26-,27?,28?/m0/s1. The van der Waals surface area contributed by atoms with Gasteiger partial charge in [-0.1, -0.05) is 39.8 Å². The molecule has 0 unspecified atom stereocenters. The molecule has 1 aliphatic heterocycles. The number of nitrogens with zero attached hydrogens (tertiary/aromatic N) is 1. The third-order valence-electron chi connectivity index (χ3n) is 8.91. The monoisotopic (exact) mass is 521 g/mol. The van der Waals surface area contributed by atoms with E-state index in [0.717, 1.165) is 5.57 Å². The molecule has 3 aliphatic carbocycles. The summed E-state index contributed by atoms with van der Waals surface area (Å²) in [6.07, 6.45) is 0.734. The first kappa shape index (κ1) is 27.7. The lowest BCUT2D eigenvalue weighted by molar-refractivity contribution is -0.161. The van der Waals surface area contributed by atoms with Crippen LogP contribution >= 0.6 is 0 Å². The van der Waals surface area contributed by atoms with Crippen molar-refractivity contribution in [3.63, 3.8) is 0 Å². The van der Waals surface area contributed by atoms with Crippen LogP contribution in [0.15, 0.2) is 30.0 Å². The quantitative estimate of drug-likeness (QED) is 0.425. The van der Waals surface area contributed by atoms with Crippen LogP contribution in [-0.4, -0.2) is 41.1 Å². The van der Waals surface area contributed by atoms with Gasteiger partial charge in [-0.15, -0.1) is 0 Å². The topological polar surface area (TPSA) is 66.8 Å². The van der Waals surface area contributed by atoms with Crippen molar-refractivity contribution in [3.8, 4) is 0 Å². The van der Waals surface area contributed by atoms with E-state index in [4.69, 9.17) is 4.74 Å². The Morgan fingerprint density at radius 1 is 1.14 bits per heavy atom. The summed E-state index contributed by atoms with van der Waals surface area (Å²) in [4.78, 5) is 27.0. The van der Waals surface area contributed by atoms with Crippen LogP contribution in [0, 0.1) is 10.8 Å². The van der Waals surface area contributed by atoms with E-state index in [9.17, 15) is 27.9 Å². The van der Waals surface area contributed by atoms with Gasteiger partial charge in [0.05, 0.1) is 11.0 Å². The van der Waals surface area contributed by atoms with Gasteiger partial charge < -0.3 is 14.7 Å². The largest absolute Gasteiger partial charge is 0.481 e. The maximum absolute atomic E-state index is 14.2. The highest BCUT2D eigenvalue weighted by Crippen LogP contribution is 2.65. The van der Waals surface area contributed by atoms with Crippen molar-refractivity contribution >= 4 is 11.9 Å². The first-order valence-electron chi connectivity index (χ1n) is 13.0. The molecule has 0 radical (unpaired) electrons. The maximum atomic E-state index is 14.2. The number of carboxylic acid groups (broad SMARTS) is 1. The van der Waals surface area contributed by atoms with Crippen LogP contribution in [0.4, 0.5) is 13.2 Å². The van der Waals surface area contributed by atoms with E-state index in [0.29, 0.717) is 57.1 Å². The van der Waals surface area contributed by atoms with Gasteiger partial charge in [0.1, 0.15) is 0 Å². The number of hydrogen-bond donors (Lipinski definition) is 1. The van der Waals surface area contributed by atoms with Crippen molar-refractivity contribution in [3.05, 3.63) is 46.7 Å². The minimum absolute atomic E-state index is 0.0308. The number of aryl methyl sites for hydroxylation is 1. The molecule has 0 spiro atoms. The van der Waals surface area contributed by atoms with Gasteiger partial charge in [0, 0.05) is 37.3 Å². The van der Waals surface area contributed by atoms with Gasteiger partial charge in [0.2, 0.25) is 5.91 Å². The van der Waals surface area contributed by atoms with Crippen molar-refractivity contribution in [2.75, 3.05) is 13.7 Å². The lowest BCUT2D eigenvalue weighted by Crippen LogP contribution is -2.60. The zero-order chi connectivity index (χ0) is 27.4. The lowest BCUT2D eigenvalue weighted by atomic mass is 9.63. The normalized spacial score (nSPS) is 29.8. The fourth-order valence-corrected chi connectivity index (χ4v) is 6.61. The van der Waals surface area contributed by atoms with Crippen LogP contribution in [0.5, 0.6) is 0 Å². The number of fused-ring (bicyclic) bond motifs is 1. The SMILES string of the molecule is COCCC1=CN(C23CCC(C(=O)O)(C2)C3)C(=O)C[C@@]1(C)c1ccc(CCC(C)(C)C)c(C(F)(F)F)c1. The molecule has 1 aromatic carbocycles. The van der Waals surface area contributed by atoms with Crippen molar-refractivity contribution in [1.29, 1.82) is 0 Å². The Hall–Kier alpha value is -2.35. The number of carbonyl (C=O) groups excluding carboxylic acids is 1. The summed E-state index contributed by atoms with van der Waals surface area (Å²) in [6, 6.07) is 4.54. The molecule has 204 valence electrons. The van der Waals surface area contributed by atoms with Crippen LogP contribution < -0.4 is 0 Å². The first-order chi connectivity index (χ1) is 17.1. The molecule has 0 aromatic heterocycles.